The van der Waals surface area contributed by atoms with Crippen LogP contribution in [0.15, 0.2) is 40.8 Å². The van der Waals surface area contributed by atoms with E-state index in [4.69, 9.17) is 16.0 Å². The first-order chi connectivity index (χ1) is 12.9. The molecule has 3 heterocycles. The predicted molar refractivity (Wildman–Crippen MR) is 103 cm³/mol. The largest absolute Gasteiger partial charge is 0.451 e. The lowest BCUT2D eigenvalue weighted by molar-refractivity contribution is -0.925. The molecule has 144 valence electrons. The number of nitrogens with one attached hydrogen (secondary N) is 1. The summed E-state index contributed by atoms with van der Waals surface area (Å²) < 4.78 is 29.1. The van der Waals surface area contributed by atoms with Gasteiger partial charge in [0, 0.05) is 12.0 Å². The van der Waals surface area contributed by atoms with Crippen molar-refractivity contribution in [2.45, 2.75) is 12.5 Å². The first-order valence-electron chi connectivity index (χ1n) is 9.12. The summed E-state index contributed by atoms with van der Waals surface area (Å²) in [6, 6.07) is 11.0. The van der Waals surface area contributed by atoms with E-state index in [1.165, 1.54) is 4.90 Å². The van der Waals surface area contributed by atoms with Crippen LogP contribution in [0.5, 0.6) is 0 Å². The minimum Gasteiger partial charge on any atom is -0.451 e. The lowest BCUT2D eigenvalue weighted by Crippen LogP contribution is -3.18. The second-order valence-electron chi connectivity index (χ2n) is 7.19. The summed E-state index contributed by atoms with van der Waals surface area (Å²) >= 11 is 6.19. The molecule has 1 aromatic heterocycles. The Kier molecular flexibility index (Phi) is 5.01. The maximum Gasteiger partial charge on any atom is 0.289 e. The number of halogens is 1. The number of quaternary nitrogens is 1. The first kappa shape index (κ1) is 18.5. The number of benzene rings is 1. The Morgan fingerprint density at radius 2 is 1.89 bits per heavy atom. The number of amides is 1. The van der Waals surface area contributed by atoms with Crippen LogP contribution >= 0.6 is 11.6 Å². The Hall–Kier alpha value is -1.83. The number of furan rings is 1. The van der Waals surface area contributed by atoms with Crippen molar-refractivity contribution in [2.24, 2.45) is 0 Å². The highest BCUT2D eigenvalue weighted by Crippen LogP contribution is 2.29. The van der Waals surface area contributed by atoms with Crippen molar-refractivity contribution in [3.63, 3.8) is 0 Å². The molecule has 2 aliphatic rings. The molecule has 1 aromatic carbocycles. The van der Waals surface area contributed by atoms with E-state index in [0.717, 1.165) is 25.1 Å². The number of hydrogen-bond donors (Lipinski definition) is 1. The summed E-state index contributed by atoms with van der Waals surface area (Å²) in [4.78, 5) is 15.8. The summed E-state index contributed by atoms with van der Waals surface area (Å²) in [7, 11) is -2.87. The van der Waals surface area contributed by atoms with E-state index < -0.39 is 9.84 Å². The zero-order chi connectivity index (χ0) is 19.0. The van der Waals surface area contributed by atoms with Crippen LogP contribution in [0.4, 0.5) is 0 Å². The number of carbonyl (C=O) groups excluding carboxylic acids is 1. The smallest absolute Gasteiger partial charge is 0.289 e. The minimum absolute atomic E-state index is 0.133. The van der Waals surface area contributed by atoms with Crippen molar-refractivity contribution in [2.75, 3.05) is 37.7 Å². The molecule has 1 N–H and O–H groups in total. The van der Waals surface area contributed by atoms with Crippen LogP contribution in [-0.4, -0.2) is 63.0 Å². The molecule has 8 heteroatoms. The van der Waals surface area contributed by atoms with E-state index >= 15 is 0 Å². The van der Waals surface area contributed by atoms with Crippen LogP contribution in [0.2, 0.25) is 5.02 Å². The quantitative estimate of drug-likeness (QED) is 0.824. The van der Waals surface area contributed by atoms with Crippen molar-refractivity contribution in [3.8, 4) is 11.3 Å². The van der Waals surface area contributed by atoms with Gasteiger partial charge in [0.25, 0.3) is 5.91 Å². The Morgan fingerprint density at radius 1 is 1.15 bits per heavy atom. The van der Waals surface area contributed by atoms with Crippen LogP contribution in [0.25, 0.3) is 11.3 Å². The fourth-order valence-electron chi connectivity index (χ4n) is 3.94. The molecule has 2 fully saturated rings. The van der Waals surface area contributed by atoms with Crippen molar-refractivity contribution in [3.05, 3.63) is 47.2 Å². The third kappa shape index (κ3) is 3.90. The maximum absolute atomic E-state index is 12.8. The van der Waals surface area contributed by atoms with Crippen molar-refractivity contribution in [1.82, 2.24) is 4.90 Å². The molecule has 2 aromatic rings. The molecule has 0 radical (unpaired) electrons. The average molecular weight is 410 g/mol. The predicted octanol–water partition coefficient (Wildman–Crippen LogP) is 1.13. The molecule has 6 nitrogen and oxygen atoms in total. The highest BCUT2D eigenvalue weighted by atomic mass is 35.5. The van der Waals surface area contributed by atoms with Gasteiger partial charge in [-0.05, 0) is 24.3 Å². The van der Waals surface area contributed by atoms with Gasteiger partial charge in [-0.1, -0.05) is 23.7 Å². The van der Waals surface area contributed by atoms with Gasteiger partial charge in [0.15, 0.2) is 15.6 Å². The van der Waals surface area contributed by atoms with E-state index in [9.17, 15) is 13.2 Å². The molecule has 0 unspecified atom stereocenters. The number of rotatable bonds is 3. The Morgan fingerprint density at radius 3 is 2.56 bits per heavy atom. The summed E-state index contributed by atoms with van der Waals surface area (Å²) in [5.74, 6) is 1.31. The minimum atomic E-state index is -2.87. The topological polar surface area (TPSA) is 72.0 Å². The van der Waals surface area contributed by atoms with Crippen LogP contribution in [-0.2, 0) is 9.84 Å². The van der Waals surface area contributed by atoms with Gasteiger partial charge in [0.05, 0.1) is 37.0 Å². The Bertz CT molecular complexity index is 948. The second kappa shape index (κ2) is 7.30. The highest BCUT2D eigenvalue weighted by Gasteiger charge is 2.37. The number of nitrogens with zero attached hydrogens (tertiary/aromatic N) is 1. The molecule has 27 heavy (non-hydrogen) atoms. The molecule has 2 aliphatic heterocycles. The van der Waals surface area contributed by atoms with Gasteiger partial charge in [0.2, 0.25) is 0 Å². The summed E-state index contributed by atoms with van der Waals surface area (Å²) in [5, 5.41) is 0.578. The third-order valence-corrected chi connectivity index (χ3v) is 7.56. The van der Waals surface area contributed by atoms with E-state index in [1.54, 1.807) is 23.1 Å². The Balaban J connectivity index is 1.40. The van der Waals surface area contributed by atoms with Crippen LogP contribution in [0.1, 0.15) is 17.0 Å². The summed E-state index contributed by atoms with van der Waals surface area (Å²) in [5.41, 5.74) is 0.759. The fraction of sp³-hybridized carbons (Fsp3) is 0.421. The van der Waals surface area contributed by atoms with Gasteiger partial charge in [-0.2, -0.15) is 0 Å². The third-order valence-electron chi connectivity index (χ3n) is 5.46. The number of carbonyl (C=O) groups is 1. The molecule has 0 spiro atoms. The van der Waals surface area contributed by atoms with Crippen LogP contribution in [0.3, 0.4) is 0 Å². The zero-order valence-corrected chi connectivity index (χ0v) is 16.4. The molecule has 1 atom stereocenters. The van der Waals surface area contributed by atoms with Gasteiger partial charge < -0.3 is 14.2 Å². The molecule has 0 bridgehead atoms. The van der Waals surface area contributed by atoms with E-state index in [0.29, 0.717) is 35.4 Å². The molecule has 4 rings (SSSR count). The lowest BCUT2D eigenvalue weighted by atomic mass is 10.2. The second-order valence-corrected chi connectivity index (χ2v) is 9.83. The Labute approximate surface area is 163 Å². The average Bonchev–Trinajstić information content (AvgIpc) is 3.28. The molecule has 1 amide bonds. The highest BCUT2D eigenvalue weighted by molar-refractivity contribution is 7.91. The van der Waals surface area contributed by atoms with E-state index in [1.807, 2.05) is 18.2 Å². The van der Waals surface area contributed by atoms with Gasteiger partial charge >= 0.3 is 0 Å². The monoisotopic (exact) mass is 409 g/mol. The SMILES string of the molecule is O=C(c1ccc(-c2ccccc2Cl)o1)N1CC[NH+]([C@H]2CCS(=O)(=O)C2)CC1. The summed E-state index contributed by atoms with van der Waals surface area (Å²) in [6.07, 6.45) is 0.727. The van der Waals surface area contributed by atoms with Gasteiger partial charge in [0.1, 0.15) is 17.6 Å². The number of hydrogen-bond acceptors (Lipinski definition) is 4. The number of sulfone groups is 1. The van der Waals surface area contributed by atoms with Gasteiger partial charge in [-0.25, -0.2) is 8.42 Å². The number of piperazine rings is 1. The molecular formula is C19H22ClN2O4S+. The molecule has 0 saturated carbocycles. The van der Waals surface area contributed by atoms with E-state index in [-0.39, 0.29) is 17.7 Å². The van der Waals surface area contributed by atoms with Crippen LogP contribution in [0, 0.1) is 0 Å². The maximum atomic E-state index is 12.8. The van der Waals surface area contributed by atoms with Crippen molar-refractivity contribution >= 4 is 27.3 Å². The van der Waals surface area contributed by atoms with Gasteiger partial charge in [-0.3, -0.25) is 4.79 Å². The fourth-order valence-corrected chi connectivity index (χ4v) is 5.99. The zero-order valence-electron chi connectivity index (χ0n) is 14.9. The van der Waals surface area contributed by atoms with Crippen molar-refractivity contribution in [1.29, 1.82) is 0 Å². The first-order valence-corrected chi connectivity index (χ1v) is 11.3. The summed E-state index contributed by atoms with van der Waals surface area (Å²) in [6.45, 7) is 2.74. The molecule has 0 aliphatic carbocycles. The van der Waals surface area contributed by atoms with Gasteiger partial charge in [-0.15, -0.1) is 0 Å². The lowest BCUT2D eigenvalue weighted by Gasteiger charge is -2.34. The van der Waals surface area contributed by atoms with Crippen molar-refractivity contribution < 1.29 is 22.5 Å². The molecular weight excluding hydrogens is 388 g/mol. The van der Waals surface area contributed by atoms with E-state index in [2.05, 4.69) is 0 Å². The van der Waals surface area contributed by atoms with Crippen LogP contribution < -0.4 is 4.90 Å². The standard InChI is InChI=1S/C19H21ClN2O4S/c20-16-4-2-1-3-15(16)17-5-6-18(26-17)19(23)22-10-8-21(9-11-22)14-7-12-27(24,25)13-14/h1-6,14H,7-13H2/p+1/t14-/m0/s1. The molecule has 2 saturated heterocycles. The normalized spacial score (nSPS) is 22.9.